The molecule has 27 heavy (non-hydrogen) atoms. The number of nitrogens with one attached hydrogen (secondary N) is 1. The molecule has 0 radical (unpaired) electrons. The van der Waals surface area contributed by atoms with Crippen molar-refractivity contribution in [3.8, 4) is 11.5 Å². The van der Waals surface area contributed by atoms with E-state index in [1.807, 2.05) is 60.7 Å². The highest BCUT2D eigenvalue weighted by atomic mass is 16.5. The number of hydrogen-bond acceptors (Lipinski definition) is 7. The molecule has 1 fully saturated rings. The zero-order valence-electron chi connectivity index (χ0n) is 14.8. The first kappa shape index (κ1) is 17.1. The fraction of sp³-hybridized carbons (Fsp3) is 0.200. The van der Waals surface area contributed by atoms with Crippen LogP contribution in [0, 0.1) is 0 Å². The number of nitrogens with two attached hydrogens (primary N) is 1. The molecule has 1 saturated heterocycles. The molecule has 7 heteroatoms. The predicted octanol–water partition coefficient (Wildman–Crippen LogP) is 3.43. The zero-order chi connectivity index (χ0) is 18.5. The fourth-order valence-corrected chi connectivity index (χ4v) is 2.85. The van der Waals surface area contributed by atoms with Gasteiger partial charge in [0.05, 0.1) is 13.2 Å². The quantitative estimate of drug-likeness (QED) is 0.718. The van der Waals surface area contributed by atoms with Crippen LogP contribution in [0.3, 0.4) is 0 Å². The molecule has 1 aromatic heterocycles. The number of para-hydroxylation sites is 1. The summed E-state index contributed by atoms with van der Waals surface area (Å²) in [5.74, 6) is 3.27. The third-order valence-electron chi connectivity index (χ3n) is 4.17. The average Bonchev–Trinajstić information content (AvgIpc) is 2.71. The number of hydrogen-bond donors (Lipinski definition) is 2. The maximum Gasteiger partial charge on any atom is 0.223 e. The van der Waals surface area contributed by atoms with Gasteiger partial charge in [0.25, 0.3) is 0 Å². The summed E-state index contributed by atoms with van der Waals surface area (Å²) in [7, 11) is 0. The van der Waals surface area contributed by atoms with Crippen molar-refractivity contribution >= 4 is 23.3 Å². The highest BCUT2D eigenvalue weighted by molar-refractivity contribution is 5.62. The summed E-state index contributed by atoms with van der Waals surface area (Å²) < 4.78 is 11.2. The van der Waals surface area contributed by atoms with Gasteiger partial charge in [0, 0.05) is 24.8 Å². The van der Waals surface area contributed by atoms with Crippen molar-refractivity contribution in [2.45, 2.75) is 0 Å². The first-order valence-corrected chi connectivity index (χ1v) is 8.83. The maximum atomic E-state index is 5.89. The maximum absolute atomic E-state index is 5.89. The largest absolute Gasteiger partial charge is 0.457 e. The van der Waals surface area contributed by atoms with E-state index in [4.69, 9.17) is 15.2 Å². The van der Waals surface area contributed by atoms with Crippen LogP contribution >= 0.6 is 0 Å². The van der Waals surface area contributed by atoms with Gasteiger partial charge >= 0.3 is 0 Å². The number of anilines is 4. The topological polar surface area (TPSA) is 85.5 Å². The van der Waals surface area contributed by atoms with Crippen LogP contribution in [0.15, 0.2) is 60.7 Å². The van der Waals surface area contributed by atoms with Gasteiger partial charge in [-0.3, -0.25) is 0 Å². The van der Waals surface area contributed by atoms with Gasteiger partial charge in [-0.2, -0.15) is 9.97 Å². The molecular weight excluding hydrogens is 342 g/mol. The molecule has 7 nitrogen and oxygen atoms in total. The average molecular weight is 363 g/mol. The lowest BCUT2D eigenvalue weighted by Gasteiger charge is -2.28. The molecule has 0 saturated carbocycles. The Morgan fingerprint density at radius 2 is 1.63 bits per heavy atom. The van der Waals surface area contributed by atoms with E-state index in [2.05, 4.69) is 20.2 Å². The molecule has 0 unspecified atom stereocenters. The third kappa shape index (κ3) is 4.45. The van der Waals surface area contributed by atoms with E-state index in [1.165, 1.54) is 0 Å². The van der Waals surface area contributed by atoms with E-state index in [0.717, 1.165) is 36.1 Å². The predicted molar refractivity (Wildman–Crippen MR) is 106 cm³/mol. The van der Waals surface area contributed by atoms with Gasteiger partial charge in [-0.05, 0) is 36.4 Å². The second-order valence-corrected chi connectivity index (χ2v) is 6.13. The van der Waals surface area contributed by atoms with Crippen LogP contribution in [0.5, 0.6) is 11.5 Å². The molecule has 1 aliphatic rings. The summed E-state index contributed by atoms with van der Waals surface area (Å²) in [5, 5.41) is 3.27. The molecule has 4 rings (SSSR count). The van der Waals surface area contributed by atoms with Crippen molar-refractivity contribution < 1.29 is 9.47 Å². The van der Waals surface area contributed by atoms with Gasteiger partial charge in [0.1, 0.15) is 23.1 Å². The van der Waals surface area contributed by atoms with E-state index in [0.29, 0.717) is 19.0 Å². The van der Waals surface area contributed by atoms with Crippen LogP contribution in [0.2, 0.25) is 0 Å². The van der Waals surface area contributed by atoms with Gasteiger partial charge in [0.2, 0.25) is 5.95 Å². The third-order valence-corrected chi connectivity index (χ3v) is 4.17. The number of nitrogens with zero attached hydrogens (tertiary/aromatic N) is 3. The van der Waals surface area contributed by atoms with Crippen molar-refractivity contribution in [3.05, 3.63) is 60.7 Å². The summed E-state index contributed by atoms with van der Waals surface area (Å²) >= 11 is 0. The minimum atomic E-state index is 0.241. The molecule has 0 amide bonds. The highest BCUT2D eigenvalue weighted by Gasteiger charge is 2.14. The molecular formula is C20H21N5O2. The van der Waals surface area contributed by atoms with E-state index < -0.39 is 0 Å². The Balaban J connectivity index is 1.46. The zero-order valence-corrected chi connectivity index (χ0v) is 14.8. The summed E-state index contributed by atoms with van der Waals surface area (Å²) in [6.45, 7) is 2.97. The molecule has 2 heterocycles. The van der Waals surface area contributed by atoms with Crippen molar-refractivity contribution in [2.24, 2.45) is 0 Å². The van der Waals surface area contributed by atoms with E-state index in [-0.39, 0.29) is 5.95 Å². The normalized spacial score (nSPS) is 14.0. The smallest absolute Gasteiger partial charge is 0.223 e. The Kier molecular flexibility index (Phi) is 5.02. The standard InChI is InChI=1S/C20H21N5O2/c21-20-23-18(14-19(24-20)25-10-12-26-13-11-25)22-15-6-8-17(9-7-15)27-16-4-2-1-3-5-16/h1-9,14H,10-13H2,(H3,21,22,23,24). The van der Waals surface area contributed by atoms with E-state index in [1.54, 1.807) is 0 Å². The number of aromatic nitrogens is 2. The number of nitrogen functional groups attached to an aromatic ring is 1. The number of morpholine rings is 1. The van der Waals surface area contributed by atoms with E-state index >= 15 is 0 Å². The molecule has 138 valence electrons. The van der Waals surface area contributed by atoms with Crippen LogP contribution in [0.4, 0.5) is 23.3 Å². The second kappa shape index (κ2) is 7.92. The minimum absolute atomic E-state index is 0.241. The summed E-state index contributed by atoms with van der Waals surface area (Å²) in [6.07, 6.45) is 0. The molecule has 2 aromatic carbocycles. The molecule has 3 N–H and O–H groups in total. The van der Waals surface area contributed by atoms with Crippen LogP contribution in [0.1, 0.15) is 0 Å². The van der Waals surface area contributed by atoms with Crippen LogP contribution in [-0.4, -0.2) is 36.3 Å². The van der Waals surface area contributed by atoms with Gasteiger partial charge < -0.3 is 25.4 Å². The Hall–Kier alpha value is -3.32. The number of ether oxygens (including phenoxy) is 2. The Morgan fingerprint density at radius 1 is 0.926 bits per heavy atom. The molecule has 0 bridgehead atoms. The lowest BCUT2D eigenvalue weighted by Crippen LogP contribution is -2.36. The van der Waals surface area contributed by atoms with Crippen LogP contribution in [0.25, 0.3) is 0 Å². The van der Waals surface area contributed by atoms with Crippen LogP contribution < -0.4 is 20.7 Å². The first-order valence-electron chi connectivity index (χ1n) is 8.83. The molecule has 1 aliphatic heterocycles. The summed E-state index contributed by atoms with van der Waals surface area (Å²) in [6, 6.07) is 19.3. The number of rotatable bonds is 5. The molecule has 0 aliphatic carbocycles. The minimum Gasteiger partial charge on any atom is -0.457 e. The van der Waals surface area contributed by atoms with Crippen LogP contribution in [-0.2, 0) is 4.74 Å². The van der Waals surface area contributed by atoms with Gasteiger partial charge in [-0.25, -0.2) is 0 Å². The Morgan fingerprint density at radius 3 is 2.37 bits per heavy atom. The first-order chi connectivity index (χ1) is 13.3. The Labute approximate surface area is 157 Å². The number of benzene rings is 2. The van der Waals surface area contributed by atoms with Gasteiger partial charge in [-0.15, -0.1) is 0 Å². The fourth-order valence-electron chi connectivity index (χ4n) is 2.85. The molecule has 0 atom stereocenters. The molecule has 0 spiro atoms. The lowest BCUT2D eigenvalue weighted by atomic mass is 10.3. The highest BCUT2D eigenvalue weighted by Crippen LogP contribution is 2.25. The SMILES string of the molecule is Nc1nc(Nc2ccc(Oc3ccccc3)cc2)cc(N2CCOCC2)n1. The molecule has 3 aromatic rings. The van der Waals surface area contributed by atoms with Crippen molar-refractivity contribution in [3.63, 3.8) is 0 Å². The van der Waals surface area contributed by atoms with Crippen molar-refractivity contribution in [2.75, 3.05) is 42.3 Å². The monoisotopic (exact) mass is 363 g/mol. The summed E-state index contributed by atoms with van der Waals surface area (Å²) in [4.78, 5) is 10.8. The van der Waals surface area contributed by atoms with Gasteiger partial charge in [-0.1, -0.05) is 18.2 Å². The van der Waals surface area contributed by atoms with Crippen molar-refractivity contribution in [1.82, 2.24) is 9.97 Å². The summed E-state index contributed by atoms with van der Waals surface area (Å²) in [5.41, 5.74) is 6.78. The Bertz CT molecular complexity index is 881. The van der Waals surface area contributed by atoms with Crippen molar-refractivity contribution in [1.29, 1.82) is 0 Å². The van der Waals surface area contributed by atoms with E-state index in [9.17, 15) is 0 Å². The lowest BCUT2D eigenvalue weighted by molar-refractivity contribution is 0.122. The second-order valence-electron chi connectivity index (χ2n) is 6.13. The van der Waals surface area contributed by atoms with Gasteiger partial charge in [0.15, 0.2) is 0 Å².